The Hall–Kier alpha value is -3.48. The number of unbranched alkanes of at least 4 members (excludes halogenated alkanes) is 18. The van der Waals surface area contributed by atoms with E-state index in [-0.39, 0.29) is 48.8 Å². The number of anilines is 1. The van der Waals surface area contributed by atoms with Crippen LogP contribution in [0.4, 0.5) is 5.82 Å². The van der Waals surface area contributed by atoms with E-state index in [4.69, 9.17) is 24.7 Å². The highest BCUT2D eigenvalue weighted by atomic mass is 16.5. The summed E-state index contributed by atoms with van der Waals surface area (Å²) < 4.78 is 24.8. The summed E-state index contributed by atoms with van der Waals surface area (Å²) in [5, 5.41) is 3.08. The fraction of sp³-hybridized carbons (Fsp3) is 0.733. The third kappa shape index (κ3) is 19.2. The van der Waals surface area contributed by atoms with Gasteiger partial charge in [-0.3, -0.25) is 9.36 Å². The van der Waals surface area contributed by atoms with E-state index in [2.05, 4.69) is 41.0 Å². The monoisotopic (exact) mass is 797 g/mol. The molecule has 12 heteroatoms. The van der Waals surface area contributed by atoms with Crippen molar-refractivity contribution >= 4 is 22.9 Å². The molecule has 0 radical (unpaired) electrons. The average molecular weight is 797 g/mol. The van der Waals surface area contributed by atoms with Gasteiger partial charge < -0.3 is 35.0 Å². The first-order valence-corrected chi connectivity index (χ1v) is 22.4. The molecular formula is C45H76N6O6. The molecule has 0 aliphatic rings. The van der Waals surface area contributed by atoms with E-state index in [0.29, 0.717) is 42.9 Å². The first-order chi connectivity index (χ1) is 27.9. The van der Waals surface area contributed by atoms with Gasteiger partial charge in [-0.1, -0.05) is 142 Å². The Balaban J connectivity index is 1.46. The molecule has 3 rings (SSSR count). The van der Waals surface area contributed by atoms with Crippen molar-refractivity contribution in [2.75, 3.05) is 45.8 Å². The van der Waals surface area contributed by atoms with Gasteiger partial charge in [-0.05, 0) is 43.9 Å². The van der Waals surface area contributed by atoms with E-state index in [0.717, 1.165) is 25.0 Å². The lowest BCUT2D eigenvalue weighted by Gasteiger charge is -2.25. The molecule has 0 saturated carbocycles. The smallest absolute Gasteiger partial charge is 0.328 e. The number of fused-ring (bicyclic) bond motifs is 1. The highest BCUT2D eigenvalue weighted by molar-refractivity contribution is 5.94. The van der Waals surface area contributed by atoms with Gasteiger partial charge in [0.1, 0.15) is 12.1 Å². The van der Waals surface area contributed by atoms with E-state index >= 15 is 0 Å². The second-order valence-electron chi connectivity index (χ2n) is 15.5. The van der Waals surface area contributed by atoms with E-state index in [1.165, 1.54) is 120 Å². The SMILES string of the molecule is CCCCCCCCCCCCOC(C)C(CCNC(=O)c1ccc(Cn2c(=O)[nH]c3c(N)nc(OCCOC)nc32)cc1)OCCCCCCCCCCCC. The molecule has 2 unspecified atom stereocenters. The number of ether oxygens (including phenoxy) is 4. The van der Waals surface area contributed by atoms with Crippen LogP contribution in [0.5, 0.6) is 6.01 Å². The van der Waals surface area contributed by atoms with Gasteiger partial charge in [0.2, 0.25) is 0 Å². The van der Waals surface area contributed by atoms with Crippen molar-refractivity contribution in [3.05, 3.63) is 45.9 Å². The van der Waals surface area contributed by atoms with Gasteiger partial charge in [-0.25, -0.2) is 4.79 Å². The van der Waals surface area contributed by atoms with Crippen molar-refractivity contribution in [3.8, 4) is 6.01 Å². The van der Waals surface area contributed by atoms with Crippen LogP contribution in [-0.2, 0) is 20.8 Å². The average Bonchev–Trinajstić information content (AvgIpc) is 3.52. The van der Waals surface area contributed by atoms with Crippen LogP contribution in [0.2, 0.25) is 0 Å². The number of carbonyl (C=O) groups excluding carboxylic acids is 1. The summed E-state index contributed by atoms with van der Waals surface area (Å²) in [7, 11) is 1.57. The van der Waals surface area contributed by atoms with Crippen LogP contribution in [-0.4, -0.2) is 77.7 Å². The second kappa shape index (κ2) is 29.7. The summed E-state index contributed by atoms with van der Waals surface area (Å²) in [6.07, 6.45) is 26.4. The van der Waals surface area contributed by atoms with Crippen molar-refractivity contribution in [2.45, 2.75) is 174 Å². The molecule has 1 amide bonds. The van der Waals surface area contributed by atoms with Gasteiger partial charge in [0.15, 0.2) is 11.5 Å². The number of nitrogens with zero attached hydrogens (tertiary/aromatic N) is 3. The van der Waals surface area contributed by atoms with Crippen LogP contribution in [0.25, 0.3) is 11.2 Å². The Morgan fingerprint density at radius 1 is 0.754 bits per heavy atom. The van der Waals surface area contributed by atoms with Gasteiger partial charge in [0.25, 0.3) is 5.91 Å². The summed E-state index contributed by atoms with van der Waals surface area (Å²) in [6.45, 7) is 9.41. The van der Waals surface area contributed by atoms with Crippen LogP contribution < -0.4 is 21.5 Å². The lowest BCUT2D eigenvalue weighted by atomic mass is 10.1. The normalized spacial score (nSPS) is 12.6. The maximum atomic E-state index is 13.2. The van der Waals surface area contributed by atoms with E-state index < -0.39 is 0 Å². The number of amides is 1. The third-order valence-corrected chi connectivity index (χ3v) is 10.7. The number of aromatic nitrogens is 4. The molecule has 1 aromatic carbocycles. The Kier molecular flexibility index (Phi) is 24.9. The predicted molar refractivity (Wildman–Crippen MR) is 231 cm³/mol. The number of methoxy groups -OCH3 is 1. The molecule has 2 heterocycles. The number of imidazole rings is 1. The molecule has 0 spiro atoms. The minimum absolute atomic E-state index is 0.0515. The Labute approximate surface area is 342 Å². The van der Waals surface area contributed by atoms with Crippen LogP contribution in [0.1, 0.15) is 172 Å². The number of nitrogens with one attached hydrogen (secondary N) is 2. The Morgan fingerprint density at radius 3 is 1.86 bits per heavy atom. The molecule has 0 aliphatic heterocycles. The molecule has 0 saturated heterocycles. The minimum atomic E-state index is -0.367. The molecule has 12 nitrogen and oxygen atoms in total. The molecule has 322 valence electrons. The van der Waals surface area contributed by atoms with Gasteiger partial charge in [0.05, 0.1) is 25.4 Å². The first-order valence-electron chi connectivity index (χ1n) is 22.4. The highest BCUT2D eigenvalue weighted by Crippen LogP contribution is 2.19. The van der Waals surface area contributed by atoms with Crippen LogP contribution in [0, 0.1) is 0 Å². The van der Waals surface area contributed by atoms with E-state index in [9.17, 15) is 9.59 Å². The molecular weight excluding hydrogens is 721 g/mol. The molecule has 57 heavy (non-hydrogen) atoms. The number of H-pyrrole nitrogens is 1. The van der Waals surface area contributed by atoms with Crippen LogP contribution >= 0.6 is 0 Å². The van der Waals surface area contributed by atoms with Crippen molar-refractivity contribution < 1.29 is 23.7 Å². The summed E-state index contributed by atoms with van der Waals surface area (Å²) >= 11 is 0. The molecule has 4 N–H and O–H groups in total. The van der Waals surface area contributed by atoms with Crippen LogP contribution in [0.3, 0.4) is 0 Å². The molecule has 0 aliphatic carbocycles. The third-order valence-electron chi connectivity index (χ3n) is 10.7. The summed E-state index contributed by atoms with van der Waals surface area (Å²) in [4.78, 5) is 37.3. The zero-order chi connectivity index (χ0) is 40.9. The number of hydrogen-bond acceptors (Lipinski definition) is 9. The Morgan fingerprint density at radius 2 is 1.30 bits per heavy atom. The van der Waals surface area contributed by atoms with Gasteiger partial charge in [0, 0.05) is 32.4 Å². The van der Waals surface area contributed by atoms with Gasteiger partial charge >= 0.3 is 11.7 Å². The standard InChI is InChI=1S/C45H76N6O6/c1-5-7-9-11-13-15-17-19-21-23-31-55-36(3)39(56-32-24-22-20-18-16-14-12-10-8-6-2)29-30-47-43(52)38-27-25-37(26-28-38)35-51-42-40(48-45(51)53)41(46)49-44(50-42)57-34-33-54-4/h25-28,36,39H,5-24,29-35H2,1-4H3,(H,47,52)(H,48,53)(H2,46,49,50). The zero-order valence-electron chi connectivity index (χ0n) is 35.9. The lowest BCUT2D eigenvalue weighted by Crippen LogP contribution is -2.35. The number of nitrogen functional groups attached to an aromatic ring is 1. The number of rotatable bonds is 35. The maximum absolute atomic E-state index is 13.2. The fourth-order valence-electron chi connectivity index (χ4n) is 7.08. The highest BCUT2D eigenvalue weighted by Gasteiger charge is 2.20. The number of nitrogens with two attached hydrogens (primary N) is 1. The van der Waals surface area contributed by atoms with Crippen LogP contribution in [0.15, 0.2) is 29.1 Å². The summed E-state index contributed by atoms with van der Waals surface area (Å²) in [5.74, 6) is -0.0340. The van der Waals surface area contributed by atoms with Crippen molar-refractivity contribution in [1.82, 2.24) is 24.8 Å². The minimum Gasteiger partial charge on any atom is -0.461 e. The van der Waals surface area contributed by atoms with Gasteiger partial charge in [-0.2, -0.15) is 9.97 Å². The molecule has 0 bridgehead atoms. The maximum Gasteiger partial charge on any atom is 0.328 e. The van der Waals surface area contributed by atoms with Gasteiger partial charge in [-0.15, -0.1) is 0 Å². The number of benzene rings is 1. The van der Waals surface area contributed by atoms with Crippen molar-refractivity contribution in [3.63, 3.8) is 0 Å². The molecule has 3 aromatic rings. The number of aromatic amines is 1. The summed E-state index contributed by atoms with van der Waals surface area (Å²) in [6, 6.07) is 7.28. The van der Waals surface area contributed by atoms with Crippen molar-refractivity contribution in [2.24, 2.45) is 0 Å². The molecule has 2 atom stereocenters. The molecule has 0 fully saturated rings. The first kappa shape index (κ1) is 47.9. The second-order valence-corrected chi connectivity index (χ2v) is 15.5. The number of carbonyl (C=O) groups is 1. The summed E-state index contributed by atoms with van der Waals surface area (Å²) in [5.41, 5.74) is 7.77. The number of hydrogen-bond donors (Lipinski definition) is 3. The fourth-order valence-corrected chi connectivity index (χ4v) is 7.08. The molecule has 2 aromatic heterocycles. The van der Waals surface area contributed by atoms with E-state index in [1.54, 1.807) is 19.2 Å². The topological polar surface area (TPSA) is 156 Å². The zero-order valence-corrected chi connectivity index (χ0v) is 35.9. The van der Waals surface area contributed by atoms with E-state index in [1.807, 2.05) is 12.1 Å². The quantitative estimate of drug-likeness (QED) is 0.0494. The predicted octanol–water partition coefficient (Wildman–Crippen LogP) is 9.53. The van der Waals surface area contributed by atoms with Crippen molar-refractivity contribution in [1.29, 1.82) is 0 Å². The largest absolute Gasteiger partial charge is 0.461 e. The lowest BCUT2D eigenvalue weighted by molar-refractivity contribution is -0.0691. The Bertz CT molecular complexity index is 1540.